The van der Waals surface area contributed by atoms with E-state index in [4.69, 9.17) is 20.8 Å². The fourth-order valence-electron chi connectivity index (χ4n) is 5.69. The van der Waals surface area contributed by atoms with E-state index in [1.807, 2.05) is 12.3 Å². The minimum absolute atomic E-state index is 0.00641. The van der Waals surface area contributed by atoms with E-state index in [1.165, 1.54) is 16.7 Å². The third-order valence-electron chi connectivity index (χ3n) is 6.92. The van der Waals surface area contributed by atoms with Gasteiger partial charge < -0.3 is 19.1 Å². The molecule has 28 heavy (non-hydrogen) atoms. The molecule has 0 amide bonds. The maximum Gasteiger partial charge on any atom is 0.268 e. The Morgan fingerprint density at radius 3 is 2.57 bits per heavy atom. The predicted molar refractivity (Wildman–Crippen MR) is 104 cm³/mol. The molecule has 4 aliphatic rings. The van der Waals surface area contributed by atoms with Gasteiger partial charge in [0.1, 0.15) is 12.0 Å². The Kier molecular flexibility index (Phi) is 3.33. The molecule has 2 fully saturated rings. The highest BCUT2D eigenvalue weighted by Crippen LogP contribution is 2.60. The number of hydrogen-bond donors (Lipinski definition) is 0. The van der Waals surface area contributed by atoms with Gasteiger partial charge in [0.25, 0.3) is 5.54 Å². The smallest absolute Gasteiger partial charge is 0.268 e. The van der Waals surface area contributed by atoms with Crippen molar-refractivity contribution in [3.63, 3.8) is 0 Å². The first-order valence-corrected chi connectivity index (χ1v) is 9.97. The minimum atomic E-state index is -0.672. The van der Waals surface area contributed by atoms with Crippen molar-refractivity contribution in [1.29, 1.82) is 0 Å². The van der Waals surface area contributed by atoms with Crippen molar-refractivity contribution >= 4 is 0 Å². The molecule has 3 unspecified atom stereocenters. The molecular formula is C24H21NO3. The van der Waals surface area contributed by atoms with E-state index >= 15 is 0 Å². The van der Waals surface area contributed by atoms with Crippen molar-refractivity contribution in [3.05, 3.63) is 82.9 Å². The summed E-state index contributed by atoms with van der Waals surface area (Å²) in [5.41, 5.74) is 5.24. The Morgan fingerprint density at radius 1 is 0.964 bits per heavy atom. The summed E-state index contributed by atoms with van der Waals surface area (Å²) in [6.45, 7) is 9.40. The van der Waals surface area contributed by atoms with E-state index in [1.54, 1.807) is 0 Å². The van der Waals surface area contributed by atoms with Crippen molar-refractivity contribution < 1.29 is 14.2 Å². The van der Waals surface area contributed by atoms with Gasteiger partial charge in [0.05, 0.1) is 19.5 Å². The fraction of sp³-hybridized carbons (Fsp3) is 0.375. The van der Waals surface area contributed by atoms with Gasteiger partial charge >= 0.3 is 0 Å². The molecule has 2 aromatic carbocycles. The van der Waals surface area contributed by atoms with Crippen LogP contribution in [0.3, 0.4) is 0 Å². The number of rotatable bonds is 1. The lowest BCUT2D eigenvalue weighted by Crippen LogP contribution is -2.53. The molecular weight excluding hydrogens is 350 g/mol. The van der Waals surface area contributed by atoms with Crippen molar-refractivity contribution in [3.8, 4) is 11.1 Å². The van der Waals surface area contributed by atoms with Crippen molar-refractivity contribution in [2.45, 2.75) is 36.7 Å². The molecule has 6 rings (SSSR count). The first kappa shape index (κ1) is 16.4. The molecule has 0 bridgehead atoms. The molecule has 4 nitrogen and oxygen atoms in total. The summed E-state index contributed by atoms with van der Waals surface area (Å²) in [7, 11) is 0. The standard InChI is InChI=1S/C24H21NO3/c1-25-23-9-10-24(27-11-12-28-24)20-15-26-21(22(20)23)14-18-13-17(7-8-19(18)23)16-5-3-2-4-6-16/h2-8,13,15,21-22H,9-12,14H2. The molecule has 2 aliphatic carbocycles. The van der Waals surface area contributed by atoms with Gasteiger partial charge in [-0.25, -0.2) is 6.57 Å². The fourth-order valence-corrected chi connectivity index (χ4v) is 5.69. The molecule has 140 valence electrons. The number of hydrogen-bond acceptors (Lipinski definition) is 3. The van der Waals surface area contributed by atoms with Crippen LogP contribution in [0, 0.1) is 12.5 Å². The van der Waals surface area contributed by atoms with Crippen molar-refractivity contribution in [1.82, 2.24) is 0 Å². The van der Waals surface area contributed by atoms with Gasteiger partial charge in [-0.05, 0) is 16.7 Å². The lowest BCUT2D eigenvalue weighted by Gasteiger charge is -2.46. The molecule has 2 heterocycles. The van der Waals surface area contributed by atoms with Gasteiger partial charge in [-0.15, -0.1) is 0 Å². The summed E-state index contributed by atoms with van der Waals surface area (Å²) in [6.07, 6.45) is 4.06. The summed E-state index contributed by atoms with van der Waals surface area (Å²) in [6, 6.07) is 17.0. The molecule has 1 saturated carbocycles. The summed E-state index contributed by atoms with van der Waals surface area (Å²) < 4.78 is 18.2. The highest BCUT2D eigenvalue weighted by Gasteiger charge is 2.67. The maximum absolute atomic E-state index is 8.19. The van der Waals surface area contributed by atoms with E-state index < -0.39 is 11.3 Å². The minimum Gasteiger partial charge on any atom is -0.497 e. The van der Waals surface area contributed by atoms with Gasteiger partial charge in [-0.2, -0.15) is 0 Å². The molecule has 4 heteroatoms. The quantitative estimate of drug-likeness (QED) is 0.694. The first-order valence-electron chi connectivity index (χ1n) is 9.97. The normalized spacial score (nSPS) is 31.5. The third kappa shape index (κ3) is 2.01. The molecule has 0 aromatic heterocycles. The highest BCUT2D eigenvalue weighted by molar-refractivity contribution is 5.66. The monoisotopic (exact) mass is 371 g/mol. The number of ether oxygens (including phenoxy) is 3. The number of benzene rings is 2. The lowest BCUT2D eigenvalue weighted by molar-refractivity contribution is -0.155. The second-order valence-corrected chi connectivity index (χ2v) is 8.15. The Bertz CT molecular complexity index is 1020. The summed E-state index contributed by atoms with van der Waals surface area (Å²) in [5, 5.41) is 0. The van der Waals surface area contributed by atoms with Gasteiger partial charge in [-0.1, -0.05) is 48.5 Å². The molecule has 2 aromatic rings. The van der Waals surface area contributed by atoms with Gasteiger partial charge in [0.2, 0.25) is 0 Å². The van der Waals surface area contributed by atoms with E-state index in [2.05, 4.69) is 47.3 Å². The van der Waals surface area contributed by atoms with Crippen LogP contribution in [0.25, 0.3) is 16.0 Å². The Labute approximate surface area is 164 Å². The highest BCUT2D eigenvalue weighted by atomic mass is 16.7. The lowest BCUT2D eigenvalue weighted by atomic mass is 9.59. The van der Waals surface area contributed by atoms with Gasteiger partial charge in [-0.3, -0.25) is 0 Å². The van der Waals surface area contributed by atoms with E-state index in [0.29, 0.717) is 19.6 Å². The molecule has 0 N–H and O–H groups in total. The second kappa shape index (κ2) is 5.70. The molecule has 1 spiro atoms. The number of fused-ring (bicyclic) bond motifs is 3. The Balaban J connectivity index is 1.47. The summed E-state index contributed by atoms with van der Waals surface area (Å²) in [5.74, 6) is -0.665. The zero-order valence-electron chi connectivity index (χ0n) is 15.6. The van der Waals surface area contributed by atoms with Crippen LogP contribution in [-0.4, -0.2) is 25.1 Å². The van der Waals surface area contributed by atoms with Crippen LogP contribution in [0.5, 0.6) is 0 Å². The molecule has 1 saturated heterocycles. The largest absolute Gasteiger partial charge is 0.497 e. The summed E-state index contributed by atoms with van der Waals surface area (Å²) in [4.78, 5) is 4.26. The Hall–Kier alpha value is -2.61. The zero-order valence-corrected chi connectivity index (χ0v) is 15.6. The summed E-state index contributed by atoms with van der Waals surface area (Å²) >= 11 is 0. The molecule has 2 aliphatic heterocycles. The van der Waals surface area contributed by atoms with Gasteiger partial charge in [0, 0.05) is 30.4 Å². The van der Waals surface area contributed by atoms with E-state index in [9.17, 15) is 0 Å². The second-order valence-electron chi connectivity index (χ2n) is 8.15. The first-order chi connectivity index (χ1) is 13.8. The van der Waals surface area contributed by atoms with Crippen LogP contribution < -0.4 is 0 Å². The predicted octanol–water partition coefficient (Wildman–Crippen LogP) is 4.46. The van der Waals surface area contributed by atoms with Crippen molar-refractivity contribution in [2.75, 3.05) is 13.2 Å². The van der Waals surface area contributed by atoms with Crippen LogP contribution in [-0.2, 0) is 26.2 Å². The van der Waals surface area contributed by atoms with Crippen LogP contribution >= 0.6 is 0 Å². The number of nitrogens with zero attached hydrogens (tertiary/aromatic N) is 1. The average molecular weight is 371 g/mol. The Morgan fingerprint density at radius 2 is 1.79 bits per heavy atom. The van der Waals surface area contributed by atoms with Gasteiger partial charge in [0.15, 0.2) is 5.79 Å². The van der Waals surface area contributed by atoms with Crippen molar-refractivity contribution in [2.24, 2.45) is 5.92 Å². The SMILES string of the molecule is [C-]#[N+]C12CCC3(OCCO3)C3=COC(Cc4cc(-c5ccccc5)ccc41)C32. The van der Waals surface area contributed by atoms with Crippen LogP contribution in [0.4, 0.5) is 0 Å². The maximum atomic E-state index is 8.19. The molecule has 3 atom stereocenters. The third-order valence-corrected chi connectivity index (χ3v) is 6.92. The van der Waals surface area contributed by atoms with Crippen LogP contribution in [0.2, 0.25) is 0 Å². The van der Waals surface area contributed by atoms with E-state index in [-0.39, 0.29) is 12.0 Å². The zero-order chi connectivity index (χ0) is 18.8. The molecule has 0 radical (unpaired) electrons. The van der Waals surface area contributed by atoms with Crippen LogP contribution in [0.1, 0.15) is 24.0 Å². The topological polar surface area (TPSA) is 32.0 Å². The van der Waals surface area contributed by atoms with E-state index in [0.717, 1.165) is 24.0 Å². The average Bonchev–Trinajstić information content (AvgIpc) is 3.39. The van der Waals surface area contributed by atoms with Crippen LogP contribution in [0.15, 0.2) is 60.4 Å².